The first-order valence-corrected chi connectivity index (χ1v) is 14.3. The molecule has 0 amide bonds. The summed E-state index contributed by atoms with van der Waals surface area (Å²) in [4.78, 5) is 14.7. The summed E-state index contributed by atoms with van der Waals surface area (Å²) >= 11 is 0. The first-order valence-electron chi connectivity index (χ1n) is 14.3. The van der Waals surface area contributed by atoms with Crippen LogP contribution in [0, 0.1) is 0 Å². The highest BCUT2D eigenvalue weighted by Crippen LogP contribution is 2.51. The lowest BCUT2D eigenvalue weighted by atomic mass is 9.75. The first kappa shape index (κ1) is 23.9. The van der Waals surface area contributed by atoms with Gasteiger partial charge in [0, 0.05) is 28.9 Å². The molecule has 0 bridgehead atoms. The summed E-state index contributed by atoms with van der Waals surface area (Å²) in [7, 11) is 0. The molecule has 4 unspecified atom stereocenters. The van der Waals surface area contributed by atoms with Gasteiger partial charge in [0.05, 0.1) is 0 Å². The van der Waals surface area contributed by atoms with Crippen LogP contribution in [0.25, 0.3) is 24.3 Å². The summed E-state index contributed by atoms with van der Waals surface area (Å²) < 4.78 is 6.44. The Balaban J connectivity index is 1.34. The molecule has 0 aromatic heterocycles. The van der Waals surface area contributed by atoms with Crippen molar-refractivity contribution < 1.29 is 9.53 Å². The third-order valence-electron chi connectivity index (χ3n) is 8.90. The Labute approximate surface area is 240 Å². The van der Waals surface area contributed by atoms with E-state index in [4.69, 9.17) is 4.74 Å². The molecule has 2 nitrogen and oxygen atoms in total. The third-order valence-corrected chi connectivity index (χ3v) is 8.90. The molecule has 4 aliphatic carbocycles. The van der Waals surface area contributed by atoms with Crippen LogP contribution in [-0.4, -0.2) is 5.97 Å². The van der Waals surface area contributed by atoms with Gasteiger partial charge in [-0.05, 0) is 50.6 Å². The fourth-order valence-corrected chi connectivity index (χ4v) is 6.99. The minimum atomic E-state index is -0.409. The molecule has 0 saturated carbocycles. The fourth-order valence-electron chi connectivity index (χ4n) is 6.99. The lowest BCUT2D eigenvalue weighted by Crippen LogP contribution is -2.21. The fraction of sp³-hybridized carbons (Fsp3) is 0.103. The Morgan fingerprint density at radius 2 is 0.854 bits per heavy atom. The van der Waals surface area contributed by atoms with Crippen LogP contribution >= 0.6 is 0 Å². The number of rotatable bonds is 5. The van der Waals surface area contributed by atoms with E-state index in [0.717, 1.165) is 33.4 Å². The Morgan fingerprint density at radius 1 is 0.463 bits per heavy atom. The van der Waals surface area contributed by atoms with Gasteiger partial charge in [0.15, 0.2) is 0 Å². The summed E-state index contributed by atoms with van der Waals surface area (Å²) in [6, 6.07) is 33.6. The molecule has 0 heterocycles. The SMILES string of the molecule is O=C(OC1C=Cc2ccccc21)C(=C(C1C=Cc2ccccc21)C1C=Cc2ccccc21)C1C=Cc2ccccc21. The molecule has 4 atom stereocenters. The summed E-state index contributed by atoms with van der Waals surface area (Å²) in [5.41, 5.74) is 11.1. The maximum absolute atomic E-state index is 14.7. The second kappa shape index (κ2) is 9.60. The third kappa shape index (κ3) is 3.90. The number of hydrogen-bond donors (Lipinski definition) is 0. The number of hydrogen-bond acceptors (Lipinski definition) is 2. The predicted molar refractivity (Wildman–Crippen MR) is 166 cm³/mol. The lowest BCUT2D eigenvalue weighted by Gasteiger charge is -2.29. The molecule has 0 spiro atoms. The second-order valence-corrected chi connectivity index (χ2v) is 11.1. The van der Waals surface area contributed by atoms with Gasteiger partial charge in [0.2, 0.25) is 0 Å². The van der Waals surface area contributed by atoms with Crippen LogP contribution in [0.15, 0.2) is 133 Å². The molecule has 41 heavy (non-hydrogen) atoms. The van der Waals surface area contributed by atoms with Crippen LogP contribution in [0.2, 0.25) is 0 Å². The number of allylic oxidation sites excluding steroid dienone is 4. The molecule has 4 aromatic carbocycles. The van der Waals surface area contributed by atoms with Crippen LogP contribution in [0.4, 0.5) is 0 Å². The van der Waals surface area contributed by atoms with Gasteiger partial charge in [-0.3, -0.25) is 0 Å². The lowest BCUT2D eigenvalue weighted by molar-refractivity contribution is -0.142. The smallest absolute Gasteiger partial charge is 0.335 e. The van der Waals surface area contributed by atoms with Crippen LogP contribution < -0.4 is 0 Å². The Bertz CT molecular complexity index is 1800. The van der Waals surface area contributed by atoms with Gasteiger partial charge in [0.1, 0.15) is 6.10 Å². The standard InChI is InChI=1S/C39H28O2/c40-39(41-36-24-20-28-12-4-8-16-32(28)36)38(35-23-19-27-11-3-7-15-31(27)35)37(33-21-17-25-9-1-5-13-29(25)33)34-22-18-26-10-2-6-14-30(26)34/h1-24,33-36H. The predicted octanol–water partition coefficient (Wildman–Crippen LogP) is 9.03. The first-order chi connectivity index (χ1) is 20.3. The molecular weight excluding hydrogens is 500 g/mol. The summed E-state index contributed by atoms with van der Waals surface area (Å²) in [6.07, 6.45) is 16.9. The number of benzene rings is 4. The summed E-state index contributed by atoms with van der Waals surface area (Å²) in [6.45, 7) is 0. The normalized spacial score (nSPS) is 21.9. The van der Waals surface area contributed by atoms with Crippen molar-refractivity contribution in [3.63, 3.8) is 0 Å². The van der Waals surface area contributed by atoms with Gasteiger partial charge in [0.25, 0.3) is 0 Å². The van der Waals surface area contributed by atoms with E-state index in [0.29, 0.717) is 0 Å². The molecule has 0 radical (unpaired) electrons. The maximum atomic E-state index is 14.7. The zero-order chi connectivity index (χ0) is 27.3. The molecule has 0 N–H and O–H groups in total. The number of esters is 1. The van der Waals surface area contributed by atoms with E-state index in [-0.39, 0.29) is 23.7 Å². The van der Waals surface area contributed by atoms with E-state index in [2.05, 4.69) is 115 Å². The number of fused-ring (bicyclic) bond motifs is 4. The molecule has 0 fully saturated rings. The van der Waals surface area contributed by atoms with Gasteiger partial charge < -0.3 is 4.74 Å². The van der Waals surface area contributed by atoms with Gasteiger partial charge in [-0.2, -0.15) is 0 Å². The van der Waals surface area contributed by atoms with Crippen molar-refractivity contribution >= 4 is 30.3 Å². The molecular formula is C39H28O2. The average molecular weight is 529 g/mol. The molecule has 0 aliphatic heterocycles. The molecule has 0 saturated heterocycles. The van der Waals surface area contributed by atoms with Crippen LogP contribution in [0.5, 0.6) is 0 Å². The zero-order valence-electron chi connectivity index (χ0n) is 22.5. The molecule has 4 aromatic rings. The van der Waals surface area contributed by atoms with Crippen LogP contribution in [0.1, 0.15) is 68.4 Å². The Hall–Kier alpha value is -4.95. The van der Waals surface area contributed by atoms with Crippen LogP contribution in [-0.2, 0) is 9.53 Å². The zero-order valence-corrected chi connectivity index (χ0v) is 22.5. The number of ether oxygens (including phenoxy) is 1. The topological polar surface area (TPSA) is 26.3 Å². The summed E-state index contributed by atoms with van der Waals surface area (Å²) in [5.74, 6) is -0.533. The van der Waals surface area contributed by atoms with Gasteiger partial charge in [-0.15, -0.1) is 0 Å². The minimum Gasteiger partial charge on any atom is -0.450 e. The summed E-state index contributed by atoms with van der Waals surface area (Å²) in [5, 5.41) is 0. The van der Waals surface area contributed by atoms with E-state index in [1.165, 1.54) is 22.3 Å². The molecule has 2 heteroatoms. The van der Waals surface area contributed by atoms with Gasteiger partial charge >= 0.3 is 5.97 Å². The number of carbonyl (C=O) groups is 1. The van der Waals surface area contributed by atoms with Crippen molar-refractivity contribution in [2.45, 2.75) is 23.9 Å². The van der Waals surface area contributed by atoms with Crippen molar-refractivity contribution in [2.24, 2.45) is 0 Å². The second-order valence-electron chi connectivity index (χ2n) is 11.1. The van der Waals surface area contributed by atoms with E-state index in [9.17, 15) is 4.79 Å². The monoisotopic (exact) mass is 528 g/mol. The Morgan fingerprint density at radius 3 is 1.39 bits per heavy atom. The van der Waals surface area contributed by atoms with Gasteiger partial charge in [-0.1, -0.05) is 140 Å². The van der Waals surface area contributed by atoms with Crippen molar-refractivity contribution in [1.82, 2.24) is 0 Å². The average Bonchev–Trinajstić information content (AvgIpc) is 3.81. The largest absolute Gasteiger partial charge is 0.450 e. The van der Waals surface area contributed by atoms with E-state index < -0.39 is 6.10 Å². The molecule has 8 rings (SSSR count). The minimum absolute atomic E-state index is 0.0397. The maximum Gasteiger partial charge on any atom is 0.335 e. The van der Waals surface area contributed by atoms with Crippen molar-refractivity contribution in [3.05, 3.63) is 177 Å². The Kier molecular flexibility index (Phi) is 5.60. The molecule has 196 valence electrons. The highest BCUT2D eigenvalue weighted by atomic mass is 16.5. The highest BCUT2D eigenvalue weighted by molar-refractivity contribution is 5.95. The van der Waals surface area contributed by atoms with E-state index in [1.54, 1.807) is 0 Å². The van der Waals surface area contributed by atoms with E-state index >= 15 is 0 Å². The van der Waals surface area contributed by atoms with Crippen molar-refractivity contribution in [3.8, 4) is 0 Å². The van der Waals surface area contributed by atoms with Crippen molar-refractivity contribution in [1.29, 1.82) is 0 Å². The van der Waals surface area contributed by atoms with Gasteiger partial charge in [-0.25, -0.2) is 4.79 Å². The number of carbonyl (C=O) groups excluding carboxylic acids is 1. The van der Waals surface area contributed by atoms with Crippen LogP contribution in [0.3, 0.4) is 0 Å². The molecule has 4 aliphatic rings. The van der Waals surface area contributed by atoms with E-state index in [1.807, 2.05) is 30.4 Å². The quantitative estimate of drug-likeness (QED) is 0.191. The highest BCUT2D eigenvalue weighted by Gasteiger charge is 2.39. The van der Waals surface area contributed by atoms with Crippen molar-refractivity contribution in [2.75, 3.05) is 0 Å².